The zero-order valence-corrected chi connectivity index (χ0v) is 17.9. The molecule has 2 aromatic carbocycles. The number of aromatic amines is 1. The number of aromatic nitrogens is 3. The summed E-state index contributed by atoms with van der Waals surface area (Å²) in [6, 6.07) is 11.8. The van der Waals surface area contributed by atoms with Crippen LogP contribution in [0.25, 0.3) is 11.4 Å². The molecule has 0 saturated heterocycles. The number of alkyl halides is 3. The van der Waals surface area contributed by atoms with Gasteiger partial charge in [-0.25, -0.2) is 0 Å². The topological polar surface area (TPSA) is 97.0 Å². The van der Waals surface area contributed by atoms with Gasteiger partial charge in [0, 0.05) is 24.9 Å². The molecule has 0 aliphatic heterocycles. The molecule has 0 radical (unpaired) electrons. The molecule has 3 rings (SSSR count). The Kier molecular flexibility index (Phi) is 7.81. The molecule has 1 heterocycles. The molecule has 7 nitrogen and oxygen atoms in total. The van der Waals surface area contributed by atoms with Crippen LogP contribution in [0.5, 0.6) is 5.75 Å². The normalized spacial score (nSPS) is 11.3. The highest BCUT2D eigenvalue weighted by Gasteiger charge is 2.30. The van der Waals surface area contributed by atoms with Crippen molar-refractivity contribution in [2.45, 2.75) is 38.9 Å². The number of nitrogens with one attached hydrogen (secondary N) is 2. The average Bonchev–Trinajstić information content (AvgIpc) is 2.80. The Morgan fingerprint density at radius 1 is 1.12 bits per heavy atom. The molecule has 0 spiro atoms. The van der Waals surface area contributed by atoms with E-state index in [2.05, 4.69) is 20.5 Å². The lowest BCUT2D eigenvalue weighted by Gasteiger charge is -2.09. The number of hydrogen-bond donors (Lipinski definition) is 2. The van der Waals surface area contributed by atoms with Crippen LogP contribution in [-0.2, 0) is 23.9 Å². The van der Waals surface area contributed by atoms with Gasteiger partial charge in [-0.1, -0.05) is 31.2 Å². The number of rotatable bonds is 9. The van der Waals surface area contributed by atoms with Gasteiger partial charge in [0.15, 0.2) is 5.82 Å². The smallest absolute Gasteiger partial charge is 0.416 e. The van der Waals surface area contributed by atoms with Crippen LogP contribution in [0.1, 0.15) is 36.6 Å². The van der Waals surface area contributed by atoms with E-state index < -0.39 is 23.2 Å². The second-order valence-corrected chi connectivity index (χ2v) is 7.30. The average molecular weight is 460 g/mol. The molecule has 33 heavy (non-hydrogen) atoms. The summed E-state index contributed by atoms with van der Waals surface area (Å²) < 4.78 is 43.9. The third-order valence-electron chi connectivity index (χ3n) is 4.68. The summed E-state index contributed by atoms with van der Waals surface area (Å²) in [5, 5.41) is 10.5. The summed E-state index contributed by atoms with van der Waals surface area (Å²) >= 11 is 0. The van der Waals surface area contributed by atoms with Gasteiger partial charge >= 0.3 is 6.18 Å². The fourth-order valence-electron chi connectivity index (χ4n) is 2.99. The third kappa shape index (κ3) is 6.90. The van der Waals surface area contributed by atoms with Gasteiger partial charge in [-0.3, -0.25) is 9.59 Å². The van der Waals surface area contributed by atoms with Crippen molar-refractivity contribution in [3.63, 3.8) is 0 Å². The van der Waals surface area contributed by atoms with Crippen LogP contribution in [0, 0.1) is 0 Å². The van der Waals surface area contributed by atoms with Gasteiger partial charge in [-0.15, -0.1) is 10.2 Å². The van der Waals surface area contributed by atoms with Crippen molar-refractivity contribution in [2.24, 2.45) is 0 Å². The van der Waals surface area contributed by atoms with Crippen molar-refractivity contribution in [3.8, 4) is 17.1 Å². The number of benzene rings is 2. The first kappa shape index (κ1) is 24.0. The molecule has 0 aliphatic carbocycles. The van der Waals surface area contributed by atoms with Gasteiger partial charge in [0.2, 0.25) is 5.91 Å². The van der Waals surface area contributed by atoms with Crippen molar-refractivity contribution < 1.29 is 22.7 Å². The lowest BCUT2D eigenvalue weighted by molar-refractivity contribution is -0.137. The lowest BCUT2D eigenvalue weighted by Crippen LogP contribution is -2.25. The lowest BCUT2D eigenvalue weighted by atomic mass is 10.1. The second-order valence-electron chi connectivity index (χ2n) is 7.30. The van der Waals surface area contributed by atoms with Crippen LogP contribution < -0.4 is 15.6 Å². The number of nitrogens with zero attached hydrogens (tertiary/aromatic N) is 2. The molecular weight excluding hydrogens is 437 g/mol. The molecule has 0 unspecified atom stereocenters. The van der Waals surface area contributed by atoms with Crippen molar-refractivity contribution in [3.05, 3.63) is 75.7 Å². The van der Waals surface area contributed by atoms with E-state index in [0.29, 0.717) is 23.5 Å². The first-order valence-corrected chi connectivity index (χ1v) is 10.4. The van der Waals surface area contributed by atoms with Crippen LogP contribution in [0.4, 0.5) is 13.2 Å². The molecule has 2 N–H and O–H groups in total. The fraction of sp³-hybridized carbons (Fsp3) is 0.304. The Morgan fingerprint density at radius 3 is 2.64 bits per heavy atom. The second kappa shape index (κ2) is 10.8. The molecule has 0 saturated carbocycles. The minimum absolute atomic E-state index is 0.0384. The molecule has 1 aromatic heterocycles. The van der Waals surface area contributed by atoms with E-state index in [0.717, 1.165) is 18.6 Å². The van der Waals surface area contributed by atoms with Crippen molar-refractivity contribution in [1.29, 1.82) is 0 Å². The van der Waals surface area contributed by atoms with Gasteiger partial charge in [-0.05, 0) is 36.2 Å². The van der Waals surface area contributed by atoms with Crippen LogP contribution in [0.3, 0.4) is 0 Å². The minimum Gasteiger partial charge on any atom is -0.494 e. The summed E-state index contributed by atoms with van der Waals surface area (Å²) in [5.74, 6) is 0.511. The Labute approximate surface area is 188 Å². The maximum Gasteiger partial charge on any atom is 0.416 e. The maximum absolute atomic E-state index is 12.8. The van der Waals surface area contributed by atoms with E-state index >= 15 is 0 Å². The van der Waals surface area contributed by atoms with Gasteiger partial charge in [0.1, 0.15) is 11.4 Å². The summed E-state index contributed by atoms with van der Waals surface area (Å²) in [4.78, 5) is 27.1. The Morgan fingerprint density at radius 2 is 1.91 bits per heavy atom. The molecule has 0 fully saturated rings. The third-order valence-corrected chi connectivity index (χ3v) is 4.68. The van der Waals surface area contributed by atoms with Crippen molar-refractivity contribution in [2.75, 3.05) is 6.61 Å². The zero-order valence-electron chi connectivity index (χ0n) is 17.9. The molecule has 0 bridgehead atoms. The van der Waals surface area contributed by atoms with Gasteiger partial charge in [0.25, 0.3) is 5.56 Å². The number of ether oxygens (including phenoxy) is 1. The molecule has 3 aromatic rings. The van der Waals surface area contributed by atoms with E-state index in [1.807, 2.05) is 6.92 Å². The first-order chi connectivity index (χ1) is 15.8. The van der Waals surface area contributed by atoms with E-state index in [1.165, 1.54) is 12.1 Å². The van der Waals surface area contributed by atoms with Gasteiger partial charge in [-0.2, -0.15) is 13.2 Å². The highest BCUT2D eigenvalue weighted by Crippen LogP contribution is 2.29. The summed E-state index contributed by atoms with van der Waals surface area (Å²) in [6.45, 7) is 2.51. The number of aryl methyl sites for hydroxylation is 1. The molecule has 0 atom stereocenters. The minimum atomic E-state index is -4.45. The van der Waals surface area contributed by atoms with Crippen LogP contribution >= 0.6 is 0 Å². The van der Waals surface area contributed by atoms with Gasteiger partial charge < -0.3 is 15.0 Å². The summed E-state index contributed by atoms with van der Waals surface area (Å²) in [6.07, 6.45) is -3.61. The number of carbonyl (C=O) groups is 1. The van der Waals surface area contributed by atoms with E-state index in [4.69, 9.17) is 4.74 Å². The van der Waals surface area contributed by atoms with Crippen molar-refractivity contribution in [1.82, 2.24) is 20.5 Å². The zero-order chi connectivity index (χ0) is 23.8. The number of carbonyl (C=O) groups excluding carboxylic acids is 1. The Hall–Kier alpha value is -3.69. The summed E-state index contributed by atoms with van der Waals surface area (Å²) in [7, 11) is 0. The quantitative estimate of drug-likeness (QED) is 0.505. The number of amides is 1. The molecule has 1 amide bonds. The monoisotopic (exact) mass is 460 g/mol. The SMILES string of the molecule is CCCOc1cccc(-c2nnc(CCC(=O)NCc3cccc(C(F)(F)F)c3)c(=O)[nH]2)c1. The number of H-pyrrole nitrogens is 1. The predicted octanol–water partition coefficient (Wildman–Crippen LogP) is 3.89. The van der Waals surface area contributed by atoms with E-state index in [1.54, 1.807) is 24.3 Å². The van der Waals surface area contributed by atoms with Crippen LogP contribution in [0.15, 0.2) is 53.3 Å². The predicted molar refractivity (Wildman–Crippen MR) is 115 cm³/mol. The standard InChI is InChI=1S/C23H23F3N4O3/c1-2-11-33-18-8-4-6-16(13-18)21-28-22(32)19(29-30-21)9-10-20(31)27-14-15-5-3-7-17(12-15)23(24,25)26/h3-8,12-13H,2,9-11,14H2,1H3,(H,27,31)(H,28,30,32). The number of halogens is 3. The largest absolute Gasteiger partial charge is 0.494 e. The van der Waals surface area contributed by atoms with E-state index in [-0.39, 0.29) is 30.9 Å². The van der Waals surface area contributed by atoms with E-state index in [9.17, 15) is 22.8 Å². The Bertz CT molecular complexity index is 1160. The molecule has 10 heteroatoms. The highest BCUT2D eigenvalue weighted by atomic mass is 19.4. The summed E-state index contributed by atoms with van der Waals surface area (Å²) in [5.41, 5.74) is -0.195. The molecule has 0 aliphatic rings. The first-order valence-electron chi connectivity index (χ1n) is 10.4. The van der Waals surface area contributed by atoms with Crippen LogP contribution in [-0.4, -0.2) is 27.7 Å². The van der Waals surface area contributed by atoms with Crippen LogP contribution in [0.2, 0.25) is 0 Å². The maximum atomic E-state index is 12.8. The molecule has 174 valence electrons. The van der Waals surface area contributed by atoms with Gasteiger partial charge in [0.05, 0.1) is 12.2 Å². The highest BCUT2D eigenvalue weighted by molar-refractivity contribution is 5.76. The fourth-order valence-corrected chi connectivity index (χ4v) is 2.99. The van der Waals surface area contributed by atoms with Crippen molar-refractivity contribution >= 4 is 5.91 Å². The Balaban J connectivity index is 1.57. The number of hydrogen-bond acceptors (Lipinski definition) is 5. The molecular formula is C23H23F3N4O3.